The summed E-state index contributed by atoms with van der Waals surface area (Å²) in [5.74, 6) is 1.07. The SMILES string of the molecule is Cc1ccc(-c2ccccc2)c(C=NC(C)CCCC(C)C)c1O.[Cl][Zr][Cl]. The summed E-state index contributed by atoms with van der Waals surface area (Å²) < 4.78 is 0. The number of benzene rings is 2. The van der Waals surface area contributed by atoms with Crippen LogP contribution in [0.25, 0.3) is 11.1 Å². The first-order valence-corrected chi connectivity index (χ1v) is 15.6. The first kappa shape index (κ1) is 24.4. The fourth-order valence-electron chi connectivity index (χ4n) is 2.81. The van der Waals surface area contributed by atoms with Crippen LogP contribution in [0.3, 0.4) is 0 Å². The second-order valence-electron chi connectivity index (χ2n) is 7.08. The van der Waals surface area contributed by atoms with E-state index in [1.165, 1.54) is 12.8 Å². The molecule has 0 amide bonds. The van der Waals surface area contributed by atoms with E-state index in [0.29, 0.717) is 5.75 Å². The predicted octanol–water partition coefficient (Wildman–Crippen LogP) is 7.38. The maximum atomic E-state index is 10.5. The van der Waals surface area contributed by atoms with Crippen LogP contribution in [-0.2, 0) is 20.8 Å². The van der Waals surface area contributed by atoms with E-state index in [-0.39, 0.29) is 6.04 Å². The quantitative estimate of drug-likeness (QED) is 0.408. The Balaban J connectivity index is 0.00000114. The van der Waals surface area contributed by atoms with Gasteiger partial charge in [-0.05, 0) is 42.9 Å². The van der Waals surface area contributed by atoms with Crippen molar-refractivity contribution in [3.63, 3.8) is 0 Å². The van der Waals surface area contributed by atoms with Crippen molar-refractivity contribution in [2.45, 2.75) is 53.0 Å². The molecular formula is C22H29Cl2NOZr. The number of nitrogens with zero attached hydrogens (tertiary/aromatic N) is 1. The van der Waals surface area contributed by atoms with Gasteiger partial charge in [-0.15, -0.1) is 0 Å². The van der Waals surface area contributed by atoms with Crippen molar-refractivity contribution in [1.82, 2.24) is 0 Å². The molecule has 0 fully saturated rings. The van der Waals surface area contributed by atoms with Crippen molar-refractivity contribution >= 4 is 23.2 Å². The molecule has 1 atom stereocenters. The van der Waals surface area contributed by atoms with Crippen LogP contribution < -0.4 is 0 Å². The molecule has 0 saturated heterocycles. The van der Waals surface area contributed by atoms with Gasteiger partial charge in [0.25, 0.3) is 0 Å². The Labute approximate surface area is 182 Å². The normalized spacial score (nSPS) is 12.0. The third-order valence-corrected chi connectivity index (χ3v) is 4.37. The van der Waals surface area contributed by atoms with Crippen molar-refractivity contribution in [2.75, 3.05) is 0 Å². The third kappa shape index (κ3) is 8.94. The van der Waals surface area contributed by atoms with Gasteiger partial charge in [-0.1, -0.05) is 69.2 Å². The summed E-state index contributed by atoms with van der Waals surface area (Å²) in [4.78, 5) is 4.69. The zero-order valence-corrected chi connectivity index (χ0v) is 20.5. The molecule has 1 N–H and O–H groups in total. The first-order valence-electron chi connectivity index (χ1n) is 9.28. The number of aromatic hydroxyl groups is 1. The zero-order chi connectivity index (χ0) is 20.2. The van der Waals surface area contributed by atoms with Gasteiger partial charge in [-0.3, -0.25) is 4.99 Å². The van der Waals surface area contributed by atoms with Gasteiger partial charge < -0.3 is 5.11 Å². The molecule has 1 unspecified atom stereocenters. The second-order valence-corrected chi connectivity index (χ2v) is 10.8. The van der Waals surface area contributed by atoms with E-state index < -0.39 is 20.8 Å². The van der Waals surface area contributed by atoms with E-state index in [0.717, 1.165) is 34.6 Å². The van der Waals surface area contributed by atoms with Gasteiger partial charge >= 0.3 is 37.9 Å². The van der Waals surface area contributed by atoms with Gasteiger partial charge in [-0.2, -0.15) is 0 Å². The van der Waals surface area contributed by atoms with E-state index in [4.69, 9.17) is 22.0 Å². The van der Waals surface area contributed by atoms with Gasteiger partial charge in [0.1, 0.15) is 5.75 Å². The number of hydrogen-bond acceptors (Lipinski definition) is 2. The molecule has 146 valence electrons. The van der Waals surface area contributed by atoms with E-state index in [1.54, 1.807) is 0 Å². The van der Waals surface area contributed by atoms with E-state index in [1.807, 2.05) is 37.4 Å². The van der Waals surface area contributed by atoms with E-state index in [9.17, 15) is 5.11 Å². The van der Waals surface area contributed by atoms with E-state index in [2.05, 4.69) is 39.0 Å². The molecule has 2 aromatic carbocycles. The van der Waals surface area contributed by atoms with Crippen LogP contribution in [0.2, 0.25) is 0 Å². The van der Waals surface area contributed by atoms with Gasteiger partial charge in [0.05, 0.1) is 0 Å². The summed E-state index contributed by atoms with van der Waals surface area (Å²) >= 11 is -0.826. The number of hydrogen-bond donors (Lipinski definition) is 1. The zero-order valence-electron chi connectivity index (χ0n) is 16.5. The van der Waals surface area contributed by atoms with Crippen LogP contribution in [0.4, 0.5) is 0 Å². The second kappa shape index (κ2) is 13.5. The Morgan fingerprint density at radius 2 is 1.67 bits per heavy atom. The summed E-state index contributed by atoms with van der Waals surface area (Å²) in [5, 5.41) is 10.5. The summed E-state index contributed by atoms with van der Waals surface area (Å²) in [7, 11) is 9.87. The molecule has 27 heavy (non-hydrogen) atoms. The fourth-order valence-corrected chi connectivity index (χ4v) is 2.81. The molecule has 0 aliphatic rings. The molecular weight excluding hydrogens is 456 g/mol. The monoisotopic (exact) mass is 483 g/mol. The number of aryl methyl sites for hydroxylation is 1. The molecule has 0 aromatic heterocycles. The van der Waals surface area contributed by atoms with Crippen LogP contribution >= 0.6 is 17.0 Å². The number of phenolic OH excluding ortho intramolecular Hbond substituents is 1. The van der Waals surface area contributed by atoms with Gasteiger partial charge in [0, 0.05) is 17.8 Å². The summed E-state index contributed by atoms with van der Waals surface area (Å²) in [6.07, 6.45) is 5.37. The predicted molar refractivity (Wildman–Crippen MR) is 116 cm³/mol. The average Bonchev–Trinajstić information content (AvgIpc) is 2.64. The molecule has 0 bridgehead atoms. The molecule has 0 heterocycles. The summed E-state index contributed by atoms with van der Waals surface area (Å²) in [5.41, 5.74) is 3.82. The Hall–Kier alpha value is -0.627. The Kier molecular flexibility index (Phi) is 12.2. The molecule has 2 rings (SSSR count). The Morgan fingerprint density at radius 1 is 1.04 bits per heavy atom. The number of aliphatic imine (C=N–C) groups is 1. The third-order valence-electron chi connectivity index (χ3n) is 4.37. The van der Waals surface area contributed by atoms with Gasteiger partial charge in [0.15, 0.2) is 0 Å². The Bertz CT molecular complexity index is 705. The summed E-state index contributed by atoms with van der Waals surface area (Å²) in [6.45, 7) is 8.58. The van der Waals surface area contributed by atoms with Gasteiger partial charge in [-0.25, -0.2) is 0 Å². The molecule has 0 aliphatic carbocycles. The van der Waals surface area contributed by atoms with Crippen LogP contribution in [0.15, 0.2) is 47.5 Å². The Morgan fingerprint density at radius 3 is 2.26 bits per heavy atom. The van der Waals surface area contributed by atoms with E-state index >= 15 is 0 Å². The van der Waals surface area contributed by atoms with Crippen LogP contribution in [0, 0.1) is 12.8 Å². The molecule has 0 saturated carbocycles. The standard InChI is InChI=1S/C22H29NO.2ClH.Zr/c1-16(2)9-8-10-18(4)23-15-21-20(14-13-17(3)22(21)24)19-11-6-5-7-12-19;;;/h5-7,11-16,18,24H,8-10H2,1-4H3;2*1H;/q;;;+2/p-2. The van der Waals surface area contributed by atoms with Crippen molar-refractivity contribution in [2.24, 2.45) is 10.9 Å². The molecule has 0 aliphatic heterocycles. The molecule has 2 aromatic rings. The molecule has 0 radical (unpaired) electrons. The van der Waals surface area contributed by atoms with Crippen molar-refractivity contribution < 1.29 is 26.0 Å². The van der Waals surface area contributed by atoms with Crippen molar-refractivity contribution in [1.29, 1.82) is 0 Å². The minimum atomic E-state index is -0.826. The topological polar surface area (TPSA) is 32.6 Å². The van der Waals surface area contributed by atoms with Crippen LogP contribution in [0.5, 0.6) is 5.75 Å². The molecule has 5 heteroatoms. The minimum absolute atomic E-state index is 0.271. The van der Waals surface area contributed by atoms with Crippen molar-refractivity contribution in [3.05, 3.63) is 53.6 Å². The van der Waals surface area contributed by atoms with Gasteiger partial charge in [0.2, 0.25) is 0 Å². The number of rotatable bonds is 7. The van der Waals surface area contributed by atoms with Crippen LogP contribution in [-0.4, -0.2) is 17.4 Å². The molecule has 2 nitrogen and oxygen atoms in total. The van der Waals surface area contributed by atoms with Crippen LogP contribution in [0.1, 0.15) is 51.2 Å². The maximum absolute atomic E-state index is 10.5. The number of phenols is 1. The fraction of sp³-hybridized carbons (Fsp3) is 0.409. The average molecular weight is 486 g/mol. The summed E-state index contributed by atoms with van der Waals surface area (Å²) in [6, 6.07) is 14.5. The number of halogens is 2. The van der Waals surface area contributed by atoms with Crippen molar-refractivity contribution in [3.8, 4) is 16.9 Å². The first-order chi connectivity index (χ1) is 12.9. The molecule has 0 spiro atoms.